The van der Waals surface area contributed by atoms with E-state index in [9.17, 15) is 5.11 Å². The average molecular weight is 250 g/mol. The van der Waals surface area contributed by atoms with Gasteiger partial charge in [0.15, 0.2) is 11.5 Å². The molecule has 0 radical (unpaired) electrons. The second-order valence-corrected chi connectivity index (χ2v) is 4.59. The van der Waals surface area contributed by atoms with Gasteiger partial charge in [-0.15, -0.1) is 0 Å². The van der Waals surface area contributed by atoms with E-state index in [-0.39, 0.29) is 0 Å². The zero-order chi connectivity index (χ0) is 13.7. The van der Waals surface area contributed by atoms with E-state index in [4.69, 9.17) is 9.47 Å². The number of aliphatic hydroxyl groups excluding tert-OH is 1. The molecule has 18 heavy (non-hydrogen) atoms. The number of aliphatic hydroxyl groups is 1. The minimum Gasteiger partial charge on any atom is -0.493 e. The lowest BCUT2D eigenvalue weighted by Crippen LogP contribution is -2.01. The van der Waals surface area contributed by atoms with Crippen LogP contribution in [0.1, 0.15) is 26.3 Å². The van der Waals surface area contributed by atoms with Gasteiger partial charge in [-0.3, -0.25) is 0 Å². The van der Waals surface area contributed by atoms with E-state index in [1.165, 1.54) is 0 Å². The minimum atomic E-state index is -0.463. The van der Waals surface area contributed by atoms with E-state index in [0.29, 0.717) is 17.4 Å². The third kappa shape index (κ3) is 3.50. The van der Waals surface area contributed by atoms with Crippen LogP contribution in [0.4, 0.5) is 0 Å². The number of benzene rings is 1. The number of allylic oxidation sites excluding steroid dienone is 1. The first-order valence-electron chi connectivity index (χ1n) is 6.11. The molecule has 0 fully saturated rings. The molecule has 1 rings (SSSR count). The molecule has 0 saturated heterocycles. The van der Waals surface area contributed by atoms with Gasteiger partial charge in [0.25, 0.3) is 0 Å². The fraction of sp³-hybridized carbons (Fsp3) is 0.467. The molecule has 0 amide bonds. The van der Waals surface area contributed by atoms with Gasteiger partial charge in [-0.2, -0.15) is 0 Å². The monoisotopic (exact) mass is 250 g/mol. The summed E-state index contributed by atoms with van der Waals surface area (Å²) < 4.78 is 10.5. The molecule has 0 spiro atoms. The van der Waals surface area contributed by atoms with Crippen LogP contribution in [0.15, 0.2) is 24.3 Å². The Kier molecular flexibility index (Phi) is 5.23. The molecule has 1 aromatic carbocycles. The third-order valence-electron chi connectivity index (χ3n) is 2.76. The summed E-state index contributed by atoms with van der Waals surface area (Å²) in [6.07, 6.45) is 1.40. The Morgan fingerprint density at radius 3 is 2.17 bits per heavy atom. The summed E-state index contributed by atoms with van der Waals surface area (Å²) >= 11 is 0. The quantitative estimate of drug-likeness (QED) is 0.872. The highest BCUT2D eigenvalue weighted by Gasteiger charge is 2.11. The first-order valence-corrected chi connectivity index (χ1v) is 6.11. The molecule has 1 atom stereocenters. The first-order chi connectivity index (χ1) is 8.49. The Hall–Kier alpha value is -1.48. The Labute approximate surface area is 109 Å². The Morgan fingerprint density at radius 1 is 1.11 bits per heavy atom. The Balaban J connectivity index is 3.22. The van der Waals surface area contributed by atoms with Crippen molar-refractivity contribution in [2.45, 2.75) is 26.9 Å². The molecule has 1 aromatic rings. The molecule has 0 bridgehead atoms. The summed E-state index contributed by atoms with van der Waals surface area (Å²) in [6, 6.07) is 5.80. The zero-order valence-corrected chi connectivity index (χ0v) is 11.7. The fourth-order valence-corrected chi connectivity index (χ4v) is 1.90. The van der Waals surface area contributed by atoms with Crippen molar-refractivity contribution in [3.8, 4) is 11.5 Å². The van der Waals surface area contributed by atoms with E-state index < -0.39 is 6.10 Å². The van der Waals surface area contributed by atoms with E-state index >= 15 is 0 Å². The predicted octanol–water partition coefficient (Wildman–Crippen LogP) is 3.12. The van der Waals surface area contributed by atoms with Crippen molar-refractivity contribution in [3.05, 3.63) is 29.8 Å². The van der Waals surface area contributed by atoms with Crippen LogP contribution in [-0.4, -0.2) is 25.4 Å². The van der Waals surface area contributed by atoms with Crippen molar-refractivity contribution in [2.75, 3.05) is 14.2 Å². The Morgan fingerprint density at radius 2 is 1.72 bits per heavy atom. The summed E-state index contributed by atoms with van der Waals surface area (Å²) in [7, 11) is 3.24. The summed E-state index contributed by atoms with van der Waals surface area (Å²) in [5.41, 5.74) is 2.15. The van der Waals surface area contributed by atoms with E-state index in [2.05, 4.69) is 13.8 Å². The van der Waals surface area contributed by atoms with Gasteiger partial charge in [-0.25, -0.2) is 0 Å². The molecule has 0 aliphatic carbocycles. The summed E-state index contributed by atoms with van der Waals surface area (Å²) in [6.45, 7) is 5.96. The molecule has 0 saturated carbocycles. The summed E-state index contributed by atoms with van der Waals surface area (Å²) in [5, 5.41) is 9.53. The molecule has 100 valence electrons. The van der Waals surface area contributed by atoms with E-state index in [0.717, 1.165) is 11.1 Å². The molecular formula is C15H22O3. The third-order valence-corrected chi connectivity index (χ3v) is 2.76. The van der Waals surface area contributed by atoms with Gasteiger partial charge >= 0.3 is 0 Å². The van der Waals surface area contributed by atoms with Crippen LogP contribution >= 0.6 is 0 Å². The highest BCUT2D eigenvalue weighted by atomic mass is 16.5. The van der Waals surface area contributed by atoms with Crippen LogP contribution in [0.25, 0.3) is 5.57 Å². The maximum atomic E-state index is 9.53. The molecule has 1 N–H and O–H groups in total. The lowest BCUT2D eigenvalue weighted by atomic mass is 9.93. The van der Waals surface area contributed by atoms with Crippen LogP contribution in [0.3, 0.4) is 0 Å². The topological polar surface area (TPSA) is 38.7 Å². The zero-order valence-electron chi connectivity index (χ0n) is 11.7. The van der Waals surface area contributed by atoms with Crippen molar-refractivity contribution in [1.82, 2.24) is 0 Å². The molecule has 0 aromatic heterocycles. The highest BCUT2D eigenvalue weighted by molar-refractivity contribution is 5.69. The normalized spacial score (nSPS) is 13.6. The van der Waals surface area contributed by atoms with Crippen molar-refractivity contribution >= 4 is 5.57 Å². The highest BCUT2D eigenvalue weighted by Crippen LogP contribution is 2.32. The second kappa shape index (κ2) is 6.45. The smallest absolute Gasteiger partial charge is 0.161 e. The Bertz CT molecular complexity index is 420. The maximum Gasteiger partial charge on any atom is 0.161 e. The molecule has 0 aliphatic rings. The summed E-state index contributed by atoms with van der Waals surface area (Å²) in [4.78, 5) is 0. The van der Waals surface area contributed by atoms with Crippen molar-refractivity contribution in [2.24, 2.45) is 5.92 Å². The maximum absolute atomic E-state index is 9.53. The van der Waals surface area contributed by atoms with Crippen LogP contribution in [0.2, 0.25) is 0 Å². The van der Waals surface area contributed by atoms with Gasteiger partial charge in [0.2, 0.25) is 0 Å². The van der Waals surface area contributed by atoms with Gasteiger partial charge in [-0.1, -0.05) is 26.0 Å². The van der Waals surface area contributed by atoms with Crippen molar-refractivity contribution in [3.63, 3.8) is 0 Å². The number of ether oxygens (including phenoxy) is 2. The average Bonchev–Trinajstić information content (AvgIpc) is 2.34. The summed E-state index contributed by atoms with van der Waals surface area (Å²) in [5.74, 6) is 1.74. The van der Waals surface area contributed by atoms with E-state index in [1.807, 2.05) is 24.3 Å². The molecule has 3 heteroatoms. The number of hydrogen-bond acceptors (Lipinski definition) is 3. The number of hydrogen-bond donors (Lipinski definition) is 1. The largest absolute Gasteiger partial charge is 0.493 e. The van der Waals surface area contributed by atoms with Crippen LogP contribution in [0, 0.1) is 5.92 Å². The molecule has 0 aliphatic heterocycles. The molecule has 3 nitrogen and oxygen atoms in total. The van der Waals surface area contributed by atoms with Crippen LogP contribution < -0.4 is 9.47 Å². The van der Waals surface area contributed by atoms with Crippen LogP contribution in [-0.2, 0) is 0 Å². The number of rotatable bonds is 5. The first kappa shape index (κ1) is 14.6. The van der Waals surface area contributed by atoms with Gasteiger partial charge in [0.05, 0.1) is 20.3 Å². The molecule has 0 heterocycles. The van der Waals surface area contributed by atoms with Gasteiger partial charge in [0.1, 0.15) is 0 Å². The number of methoxy groups -OCH3 is 2. The van der Waals surface area contributed by atoms with Crippen molar-refractivity contribution < 1.29 is 14.6 Å². The van der Waals surface area contributed by atoms with E-state index in [1.54, 1.807) is 21.1 Å². The lowest BCUT2D eigenvalue weighted by Gasteiger charge is -2.15. The fourth-order valence-electron chi connectivity index (χ4n) is 1.90. The van der Waals surface area contributed by atoms with Crippen molar-refractivity contribution in [1.29, 1.82) is 0 Å². The predicted molar refractivity (Wildman–Crippen MR) is 74.0 cm³/mol. The van der Waals surface area contributed by atoms with Gasteiger partial charge in [-0.05, 0) is 36.1 Å². The SMILES string of the molecule is COc1ccc(/C(=C/[C@@H](C)O)C(C)C)cc1OC. The van der Waals surface area contributed by atoms with Gasteiger partial charge < -0.3 is 14.6 Å². The minimum absolute atomic E-state index is 0.331. The molecular weight excluding hydrogens is 228 g/mol. The van der Waals surface area contributed by atoms with Crippen LogP contribution in [0.5, 0.6) is 11.5 Å². The van der Waals surface area contributed by atoms with Gasteiger partial charge in [0, 0.05) is 0 Å². The molecule has 0 unspecified atom stereocenters. The second-order valence-electron chi connectivity index (χ2n) is 4.59. The lowest BCUT2D eigenvalue weighted by molar-refractivity contribution is 0.244. The standard InChI is InChI=1S/C15H22O3/c1-10(2)13(8-11(3)16)12-6-7-14(17-4)15(9-12)18-5/h6-11,16H,1-5H3/b13-8+/t11-/m1/s1.